The molecule has 0 saturated heterocycles. The number of carbonyl (C=O) groups is 1. The highest BCUT2D eigenvalue weighted by molar-refractivity contribution is 5.98. The van der Waals surface area contributed by atoms with Crippen LogP contribution in [-0.2, 0) is 4.79 Å². The molecule has 4 N–H and O–H groups in total. The van der Waals surface area contributed by atoms with E-state index in [-0.39, 0.29) is 11.7 Å². The number of amides is 1. The van der Waals surface area contributed by atoms with Crippen molar-refractivity contribution in [3.63, 3.8) is 0 Å². The number of hydrogen-bond acceptors (Lipinski definition) is 8. The van der Waals surface area contributed by atoms with Crippen LogP contribution in [0.4, 0.5) is 15.8 Å². The van der Waals surface area contributed by atoms with E-state index in [0.29, 0.717) is 63.7 Å². The van der Waals surface area contributed by atoms with Gasteiger partial charge in [-0.1, -0.05) is 6.92 Å². The van der Waals surface area contributed by atoms with Gasteiger partial charge in [-0.25, -0.2) is 9.37 Å². The maximum Gasteiger partial charge on any atom is 0.224 e. The minimum Gasteiger partial charge on any atom is -0.384 e. The Balaban J connectivity index is 1.36. The standard InChI is InChI=1S/C30H29FN10O/c1-4-27(42)36-21-9-18(12-32-13-21)24-11-22-25(16-35-24)39-40-29(22)30-37-26-15-33-14-23(28(26)38-30)17-7-19(31)10-20(8-17)34-5-6-41(2)3/h7-16,34H,4-6H2,1-3H3,(H,36,42)(H,37,38)(H,39,40). The van der Waals surface area contributed by atoms with Crippen LogP contribution >= 0.6 is 0 Å². The minimum atomic E-state index is -0.348. The second-order valence-corrected chi connectivity index (χ2v) is 10.2. The van der Waals surface area contributed by atoms with Crippen molar-refractivity contribution in [2.75, 3.05) is 37.8 Å². The zero-order valence-corrected chi connectivity index (χ0v) is 23.4. The van der Waals surface area contributed by atoms with E-state index in [9.17, 15) is 9.18 Å². The number of imidazole rings is 1. The third-order valence-electron chi connectivity index (χ3n) is 6.80. The van der Waals surface area contributed by atoms with E-state index in [0.717, 1.165) is 23.0 Å². The van der Waals surface area contributed by atoms with E-state index < -0.39 is 0 Å². The van der Waals surface area contributed by atoms with Gasteiger partial charge < -0.3 is 20.5 Å². The van der Waals surface area contributed by atoms with Crippen molar-refractivity contribution in [3.8, 4) is 33.9 Å². The van der Waals surface area contributed by atoms with Crippen LogP contribution in [0.5, 0.6) is 0 Å². The van der Waals surface area contributed by atoms with Crippen LogP contribution in [0.1, 0.15) is 13.3 Å². The lowest BCUT2D eigenvalue weighted by Gasteiger charge is -2.12. The Morgan fingerprint density at radius 1 is 0.952 bits per heavy atom. The van der Waals surface area contributed by atoms with Gasteiger partial charge in [0.25, 0.3) is 0 Å². The lowest BCUT2D eigenvalue weighted by atomic mass is 10.1. The molecule has 6 aromatic rings. The fourth-order valence-corrected chi connectivity index (χ4v) is 4.68. The van der Waals surface area contributed by atoms with Crippen molar-refractivity contribution in [3.05, 3.63) is 67.1 Å². The Hall–Kier alpha value is -5.23. The number of benzene rings is 1. The monoisotopic (exact) mass is 564 g/mol. The van der Waals surface area contributed by atoms with Crippen LogP contribution in [0.3, 0.4) is 0 Å². The number of carbonyl (C=O) groups excluding carboxylic acids is 1. The number of H-pyrrole nitrogens is 2. The SMILES string of the molecule is CCC(=O)Nc1cncc(-c2cc3c(-c4nc5c(-c6cc(F)cc(NCCN(C)C)c6)cncc5[nH]4)n[nH]c3cn2)c1. The summed E-state index contributed by atoms with van der Waals surface area (Å²) in [6, 6.07) is 8.59. The largest absolute Gasteiger partial charge is 0.384 e. The Labute approximate surface area is 240 Å². The second kappa shape index (κ2) is 11.3. The second-order valence-electron chi connectivity index (χ2n) is 10.2. The molecule has 0 unspecified atom stereocenters. The zero-order valence-electron chi connectivity index (χ0n) is 23.4. The highest BCUT2D eigenvalue weighted by Gasteiger charge is 2.17. The van der Waals surface area contributed by atoms with Crippen LogP contribution < -0.4 is 10.6 Å². The highest BCUT2D eigenvalue weighted by atomic mass is 19.1. The van der Waals surface area contributed by atoms with Crippen LogP contribution in [0.25, 0.3) is 55.8 Å². The van der Waals surface area contributed by atoms with Crippen molar-refractivity contribution in [2.45, 2.75) is 13.3 Å². The molecule has 0 aliphatic carbocycles. The average molecular weight is 565 g/mol. The fourth-order valence-electron chi connectivity index (χ4n) is 4.68. The molecule has 0 saturated carbocycles. The fraction of sp³-hybridized carbons (Fsp3) is 0.200. The smallest absolute Gasteiger partial charge is 0.224 e. The molecule has 1 aromatic carbocycles. The number of fused-ring (bicyclic) bond motifs is 2. The van der Waals surface area contributed by atoms with Gasteiger partial charge in [-0.15, -0.1) is 0 Å². The summed E-state index contributed by atoms with van der Waals surface area (Å²) in [5.41, 5.74) is 6.74. The molecular weight excluding hydrogens is 535 g/mol. The maximum atomic E-state index is 14.6. The molecule has 42 heavy (non-hydrogen) atoms. The van der Waals surface area contributed by atoms with Crippen molar-refractivity contribution < 1.29 is 9.18 Å². The van der Waals surface area contributed by atoms with Crippen molar-refractivity contribution in [2.24, 2.45) is 0 Å². The molecule has 0 atom stereocenters. The van der Waals surface area contributed by atoms with Gasteiger partial charge >= 0.3 is 0 Å². The number of anilines is 2. The first-order chi connectivity index (χ1) is 20.4. The average Bonchev–Trinajstić information content (AvgIpc) is 3.60. The van der Waals surface area contributed by atoms with E-state index in [1.54, 1.807) is 37.9 Å². The molecule has 0 fully saturated rings. The lowest BCUT2D eigenvalue weighted by Crippen LogP contribution is -2.20. The number of hydrogen-bond donors (Lipinski definition) is 4. The number of nitrogens with zero attached hydrogens (tertiary/aromatic N) is 6. The molecule has 11 nitrogen and oxygen atoms in total. The van der Waals surface area contributed by atoms with Gasteiger partial charge in [0.05, 0.1) is 46.5 Å². The number of rotatable bonds is 9. The van der Waals surface area contributed by atoms with Gasteiger partial charge in [-0.3, -0.25) is 24.8 Å². The first kappa shape index (κ1) is 27.0. The summed E-state index contributed by atoms with van der Waals surface area (Å²) < 4.78 is 14.6. The Kier molecular flexibility index (Phi) is 7.28. The summed E-state index contributed by atoms with van der Waals surface area (Å²) in [6.07, 6.45) is 8.74. The number of aromatic amines is 2. The number of aromatic nitrogens is 7. The van der Waals surface area contributed by atoms with Crippen LogP contribution in [0.15, 0.2) is 61.3 Å². The number of likely N-dealkylation sites (N-methyl/N-ethyl adjacent to an activating group) is 1. The molecule has 1 amide bonds. The van der Waals surface area contributed by atoms with E-state index in [2.05, 4.69) is 45.7 Å². The molecule has 0 radical (unpaired) electrons. The lowest BCUT2D eigenvalue weighted by molar-refractivity contribution is -0.115. The van der Waals surface area contributed by atoms with Crippen molar-refractivity contribution in [1.29, 1.82) is 0 Å². The van der Waals surface area contributed by atoms with E-state index in [4.69, 9.17) is 4.98 Å². The zero-order chi connectivity index (χ0) is 29.2. The maximum absolute atomic E-state index is 14.6. The third kappa shape index (κ3) is 5.52. The Bertz CT molecular complexity index is 1910. The normalized spacial score (nSPS) is 11.5. The first-order valence-electron chi connectivity index (χ1n) is 13.5. The molecule has 212 valence electrons. The number of pyridine rings is 3. The molecular formula is C30H29FN10O. The van der Waals surface area contributed by atoms with Gasteiger partial charge in [0.1, 0.15) is 11.5 Å². The van der Waals surface area contributed by atoms with E-state index in [1.165, 1.54) is 12.1 Å². The van der Waals surface area contributed by atoms with Crippen molar-refractivity contribution >= 4 is 39.2 Å². The highest BCUT2D eigenvalue weighted by Crippen LogP contribution is 2.33. The van der Waals surface area contributed by atoms with Crippen molar-refractivity contribution in [1.82, 2.24) is 40.0 Å². The summed E-state index contributed by atoms with van der Waals surface area (Å²) in [5, 5.41) is 14.4. The predicted octanol–water partition coefficient (Wildman–Crippen LogP) is 5.09. The molecule has 0 aliphatic heterocycles. The number of halogens is 1. The molecule has 0 aliphatic rings. The summed E-state index contributed by atoms with van der Waals surface area (Å²) in [6.45, 7) is 3.29. The summed E-state index contributed by atoms with van der Waals surface area (Å²) >= 11 is 0. The van der Waals surface area contributed by atoms with E-state index >= 15 is 0 Å². The molecule has 5 heterocycles. The Morgan fingerprint density at radius 2 is 1.79 bits per heavy atom. The van der Waals surface area contributed by atoms with Crippen LogP contribution in [-0.4, -0.2) is 73.1 Å². The molecule has 0 bridgehead atoms. The molecule has 5 aromatic heterocycles. The van der Waals surface area contributed by atoms with Gasteiger partial charge in [0.2, 0.25) is 5.91 Å². The van der Waals surface area contributed by atoms with Gasteiger partial charge in [-0.2, -0.15) is 5.10 Å². The van der Waals surface area contributed by atoms with Crippen LogP contribution in [0.2, 0.25) is 0 Å². The van der Waals surface area contributed by atoms with Gasteiger partial charge in [0.15, 0.2) is 5.82 Å². The Morgan fingerprint density at radius 3 is 2.62 bits per heavy atom. The minimum absolute atomic E-state index is 0.0942. The predicted molar refractivity (Wildman–Crippen MR) is 161 cm³/mol. The van der Waals surface area contributed by atoms with Gasteiger partial charge in [0, 0.05) is 54.1 Å². The summed E-state index contributed by atoms with van der Waals surface area (Å²) in [5.74, 6) is 0.0903. The first-order valence-corrected chi connectivity index (χ1v) is 13.5. The van der Waals surface area contributed by atoms with E-state index in [1.807, 2.05) is 32.3 Å². The quantitative estimate of drug-likeness (QED) is 0.190. The molecule has 0 spiro atoms. The summed E-state index contributed by atoms with van der Waals surface area (Å²) in [7, 11) is 3.98. The molecule has 12 heteroatoms. The molecule has 6 rings (SSSR count). The topological polar surface area (TPSA) is 140 Å². The van der Waals surface area contributed by atoms with Gasteiger partial charge in [-0.05, 0) is 50.0 Å². The number of nitrogens with one attached hydrogen (secondary N) is 4. The third-order valence-corrected chi connectivity index (χ3v) is 6.80. The van der Waals surface area contributed by atoms with Crippen LogP contribution in [0, 0.1) is 5.82 Å². The summed E-state index contributed by atoms with van der Waals surface area (Å²) in [4.78, 5) is 35.3.